The number of ether oxygens (including phenoxy) is 1. The molecule has 1 saturated carbocycles. The zero-order valence-electron chi connectivity index (χ0n) is 10.5. The molecular formula is C12H20N2O4. The van der Waals surface area contributed by atoms with Crippen molar-refractivity contribution in [2.75, 3.05) is 13.2 Å². The number of aliphatic carboxylic acids is 1. The molecule has 1 heterocycles. The van der Waals surface area contributed by atoms with Crippen LogP contribution in [0.4, 0.5) is 4.79 Å². The molecule has 6 heteroatoms. The van der Waals surface area contributed by atoms with Crippen LogP contribution in [-0.2, 0) is 9.53 Å². The maximum Gasteiger partial charge on any atom is 0.326 e. The van der Waals surface area contributed by atoms with Crippen molar-refractivity contribution in [2.45, 2.75) is 38.3 Å². The molecule has 102 valence electrons. The van der Waals surface area contributed by atoms with Crippen molar-refractivity contribution in [2.24, 2.45) is 11.8 Å². The molecule has 2 rings (SSSR count). The minimum Gasteiger partial charge on any atom is -0.480 e. The fourth-order valence-electron chi connectivity index (χ4n) is 2.27. The third-order valence-corrected chi connectivity index (χ3v) is 3.68. The van der Waals surface area contributed by atoms with Crippen LogP contribution in [-0.4, -0.2) is 42.4 Å². The van der Waals surface area contributed by atoms with Crippen LogP contribution in [0.25, 0.3) is 0 Å². The molecule has 0 spiro atoms. The van der Waals surface area contributed by atoms with Crippen LogP contribution in [0.2, 0.25) is 0 Å². The number of amides is 2. The molecule has 1 aliphatic heterocycles. The Labute approximate surface area is 106 Å². The Bertz CT molecular complexity index is 324. The third kappa shape index (κ3) is 3.35. The highest BCUT2D eigenvalue weighted by atomic mass is 16.5. The molecule has 0 radical (unpaired) electrons. The number of urea groups is 1. The van der Waals surface area contributed by atoms with E-state index in [2.05, 4.69) is 10.6 Å². The van der Waals surface area contributed by atoms with Gasteiger partial charge in [-0.1, -0.05) is 0 Å². The number of carboxylic acids is 1. The number of hydrogen-bond donors (Lipinski definition) is 3. The van der Waals surface area contributed by atoms with Crippen molar-refractivity contribution in [3.05, 3.63) is 0 Å². The molecule has 0 bridgehead atoms. The summed E-state index contributed by atoms with van der Waals surface area (Å²) in [6.45, 7) is 3.32. The Morgan fingerprint density at radius 1 is 1.22 bits per heavy atom. The van der Waals surface area contributed by atoms with E-state index < -0.39 is 18.0 Å². The lowest BCUT2D eigenvalue weighted by Gasteiger charge is -2.21. The normalized spacial score (nSPS) is 26.4. The second kappa shape index (κ2) is 5.56. The molecule has 0 aromatic rings. The van der Waals surface area contributed by atoms with Crippen LogP contribution in [0, 0.1) is 11.8 Å². The largest absolute Gasteiger partial charge is 0.480 e. The van der Waals surface area contributed by atoms with E-state index in [-0.39, 0.29) is 12.0 Å². The van der Waals surface area contributed by atoms with Gasteiger partial charge in [0.05, 0.1) is 6.61 Å². The van der Waals surface area contributed by atoms with E-state index in [1.54, 1.807) is 0 Å². The number of carboxylic acid groups (broad SMARTS) is 1. The Kier molecular flexibility index (Phi) is 4.06. The van der Waals surface area contributed by atoms with E-state index in [4.69, 9.17) is 9.84 Å². The van der Waals surface area contributed by atoms with Gasteiger partial charge in [0.2, 0.25) is 0 Å². The van der Waals surface area contributed by atoms with Gasteiger partial charge in [-0.3, -0.25) is 0 Å². The first-order valence-corrected chi connectivity index (χ1v) is 6.45. The van der Waals surface area contributed by atoms with Crippen molar-refractivity contribution in [1.82, 2.24) is 10.6 Å². The summed E-state index contributed by atoms with van der Waals surface area (Å²) in [5.41, 5.74) is 0. The first kappa shape index (κ1) is 13.1. The van der Waals surface area contributed by atoms with Gasteiger partial charge in [-0.05, 0) is 32.1 Å². The quantitative estimate of drug-likeness (QED) is 0.671. The second-order valence-corrected chi connectivity index (χ2v) is 5.18. The average Bonchev–Trinajstić information content (AvgIpc) is 2.98. The first-order chi connectivity index (χ1) is 8.58. The number of nitrogens with one attached hydrogen (secondary N) is 2. The van der Waals surface area contributed by atoms with Gasteiger partial charge in [0.25, 0.3) is 0 Å². The zero-order chi connectivity index (χ0) is 13.1. The highest BCUT2D eigenvalue weighted by molar-refractivity contribution is 5.83. The number of carbonyl (C=O) groups is 2. The average molecular weight is 256 g/mol. The fraction of sp³-hybridized carbons (Fsp3) is 0.833. The topological polar surface area (TPSA) is 87.7 Å². The third-order valence-electron chi connectivity index (χ3n) is 3.68. The zero-order valence-corrected chi connectivity index (χ0v) is 10.5. The van der Waals surface area contributed by atoms with Gasteiger partial charge in [-0.25, -0.2) is 9.59 Å². The highest BCUT2D eigenvalue weighted by Gasteiger charge is 2.37. The lowest BCUT2D eigenvalue weighted by Crippen LogP contribution is -2.50. The molecule has 18 heavy (non-hydrogen) atoms. The molecule has 6 nitrogen and oxygen atoms in total. The van der Waals surface area contributed by atoms with E-state index in [0.29, 0.717) is 12.5 Å². The molecule has 2 aliphatic rings. The van der Waals surface area contributed by atoms with Gasteiger partial charge in [0.15, 0.2) is 0 Å². The molecule has 1 saturated heterocycles. The van der Waals surface area contributed by atoms with E-state index in [1.165, 1.54) is 0 Å². The first-order valence-electron chi connectivity index (χ1n) is 6.45. The molecule has 1 aliphatic carbocycles. The predicted octanol–water partition coefficient (Wildman–Crippen LogP) is 0.574. The summed E-state index contributed by atoms with van der Waals surface area (Å²) in [4.78, 5) is 22.7. The second-order valence-electron chi connectivity index (χ2n) is 5.18. The van der Waals surface area contributed by atoms with Crippen LogP contribution >= 0.6 is 0 Å². The van der Waals surface area contributed by atoms with E-state index in [1.807, 2.05) is 6.92 Å². The molecule has 0 aromatic carbocycles. The van der Waals surface area contributed by atoms with Crippen molar-refractivity contribution < 1.29 is 19.4 Å². The van der Waals surface area contributed by atoms with Gasteiger partial charge in [0, 0.05) is 18.6 Å². The van der Waals surface area contributed by atoms with Crippen LogP contribution < -0.4 is 10.6 Å². The number of carbonyl (C=O) groups excluding carboxylic acids is 1. The summed E-state index contributed by atoms with van der Waals surface area (Å²) in [5.74, 6) is -0.539. The molecular weight excluding hydrogens is 236 g/mol. The van der Waals surface area contributed by atoms with Gasteiger partial charge in [-0.15, -0.1) is 0 Å². The van der Waals surface area contributed by atoms with E-state index >= 15 is 0 Å². The minimum absolute atomic E-state index is 0.00106. The Morgan fingerprint density at radius 3 is 2.44 bits per heavy atom. The monoisotopic (exact) mass is 256 g/mol. The summed E-state index contributed by atoms with van der Waals surface area (Å²) >= 11 is 0. The maximum absolute atomic E-state index is 11.7. The van der Waals surface area contributed by atoms with E-state index in [0.717, 1.165) is 25.9 Å². The Balaban J connectivity index is 1.78. The molecule has 2 fully saturated rings. The lowest BCUT2D eigenvalue weighted by molar-refractivity contribution is -0.139. The summed E-state index contributed by atoms with van der Waals surface area (Å²) < 4.78 is 5.26. The molecule has 3 N–H and O–H groups in total. The van der Waals surface area contributed by atoms with Crippen molar-refractivity contribution in [1.29, 1.82) is 0 Å². The molecule has 3 atom stereocenters. The standard InChI is InChI=1S/C12H20N2O4/c1-7(9-4-5-18-6-9)13-12(17)14-10(11(15)16)8-2-3-8/h7-10H,2-6H2,1H3,(H,15,16)(H2,13,14,17). The molecule has 0 aromatic heterocycles. The Morgan fingerprint density at radius 2 is 1.94 bits per heavy atom. The van der Waals surface area contributed by atoms with E-state index in [9.17, 15) is 9.59 Å². The summed E-state index contributed by atoms with van der Waals surface area (Å²) in [6.07, 6.45) is 2.69. The van der Waals surface area contributed by atoms with Crippen molar-refractivity contribution in [3.8, 4) is 0 Å². The number of rotatable bonds is 5. The van der Waals surface area contributed by atoms with Gasteiger partial charge in [-0.2, -0.15) is 0 Å². The Hall–Kier alpha value is -1.30. The van der Waals surface area contributed by atoms with Crippen molar-refractivity contribution >= 4 is 12.0 Å². The summed E-state index contributed by atoms with van der Waals surface area (Å²) in [7, 11) is 0. The highest BCUT2D eigenvalue weighted by Crippen LogP contribution is 2.32. The van der Waals surface area contributed by atoms with Crippen LogP contribution in [0.5, 0.6) is 0 Å². The molecule has 3 unspecified atom stereocenters. The smallest absolute Gasteiger partial charge is 0.326 e. The summed E-state index contributed by atoms with van der Waals surface area (Å²) in [6, 6.07) is -1.15. The van der Waals surface area contributed by atoms with Crippen LogP contribution in [0.3, 0.4) is 0 Å². The van der Waals surface area contributed by atoms with Gasteiger partial charge >= 0.3 is 12.0 Å². The number of hydrogen-bond acceptors (Lipinski definition) is 3. The minimum atomic E-state index is -0.954. The summed E-state index contributed by atoms with van der Waals surface area (Å²) in [5, 5.41) is 14.4. The SMILES string of the molecule is CC(NC(=O)NC(C(=O)O)C1CC1)C1CCOC1. The predicted molar refractivity (Wildman–Crippen MR) is 64.2 cm³/mol. The van der Waals surface area contributed by atoms with Gasteiger partial charge < -0.3 is 20.5 Å². The van der Waals surface area contributed by atoms with Crippen LogP contribution in [0.15, 0.2) is 0 Å². The van der Waals surface area contributed by atoms with Crippen LogP contribution in [0.1, 0.15) is 26.2 Å². The maximum atomic E-state index is 11.7. The lowest BCUT2D eigenvalue weighted by atomic mass is 10.0. The fourth-order valence-corrected chi connectivity index (χ4v) is 2.27. The van der Waals surface area contributed by atoms with Crippen molar-refractivity contribution in [3.63, 3.8) is 0 Å². The molecule has 2 amide bonds. The van der Waals surface area contributed by atoms with Gasteiger partial charge in [0.1, 0.15) is 6.04 Å².